The number of aromatic amines is 1. The maximum Gasteiger partial charge on any atom is 0.219 e. The lowest BCUT2D eigenvalue weighted by Crippen LogP contribution is -2.05. The number of aromatic nitrogens is 1. The lowest BCUT2D eigenvalue weighted by atomic mass is 9.86. The van der Waals surface area contributed by atoms with Crippen LogP contribution < -0.4 is 0 Å². The van der Waals surface area contributed by atoms with Crippen molar-refractivity contribution in [2.24, 2.45) is 5.18 Å². The van der Waals surface area contributed by atoms with Gasteiger partial charge in [0.25, 0.3) is 0 Å². The third-order valence-electron chi connectivity index (χ3n) is 5.40. The number of aromatic hydroxyl groups is 1. The van der Waals surface area contributed by atoms with Crippen LogP contribution in [-0.2, 0) is 12.8 Å². The minimum Gasteiger partial charge on any atom is -0.493 e. The molecule has 2 aromatic heterocycles. The summed E-state index contributed by atoms with van der Waals surface area (Å²) in [6, 6.07) is 16.7. The van der Waals surface area contributed by atoms with Gasteiger partial charge in [-0.1, -0.05) is 30.3 Å². The van der Waals surface area contributed by atoms with Gasteiger partial charge >= 0.3 is 0 Å². The molecule has 134 valence electrons. The molecule has 2 heterocycles. The van der Waals surface area contributed by atoms with E-state index < -0.39 is 0 Å². The average Bonchev–Trinajstić information content (AvgIpc) is 3.32. The first kappa shape index (κ1) is 16.3. The van der Waals surface area contributed by atoms with Gasteiger partial charge in [-0.3, -0.25) is 0 Å². The zero-order chi connectivity index (χ0) is 18.4. The number of hydrogen-bond donors (Lipinski definition) is 2. The number of thiophene rings is 1. The highest BCUT2D eigenvalue weighted by Crippen LogP contribution is 2.45. The summed E-state index contributed by atoms with van der Waals surface area (Å²) in [5.74, 6) is -0.138. The van der Waals surface area contributed by atoms with Gasteiger partial charge in [-0.05, 0) is 71.3 Å². The smallest absolute Gasteiger partial charge is 0.219 e. The lowest BCUT2D eigenvalue weighted by Gasteiger charge is -2.20. The Morgan fingerprint density at radius 2 is 1.70 bits per heavy atom. The first-order valence-corrected chi connectivity index (χ1v) is 9.96. The van der Waals surface area contributed by atoms with Gasteiger partial charge in [0.2, 0.25) is 5.88 Å². The van der Waals surface area contributed by atoms with E-state index in [4.69, 9.17) is 0 Å². The number of benzene rings is 2. The number of rotatable bonds is 3. The molecule has 5 rings (SSSR count). The van der Waals surface area contributed by atoms with Gasteiger partial charge < -0.3 is 10.1 Å². The first-order chi connectivity index (χ1) is 13.3. The summed E-state index contributed by atoms with van der Waals surface area (Å²) < 4.78 is 0. The minimum absolute atomic E-state index is 0.111. The quantitative estimate of drug-likeness (QED) is 0.400. The molecule has 0 bridgehead atoms. The van der Waals surface area contributed by atoms with Crippen molar-refractivity contribution in [3.8, 4) is 26.8 Å². The Kier molecular flexibility index (Phi) is 3.83. The molecule has 0 radical (unpaired) electrons. The van der Waals surface area contributed by atoms with Crippen LogP contribution in [0.25, 0.3) is 31.8 Å². The van der Waals surface area contributed by atoms with Crippen LogP contribution in [0.1, 0.15) is 24.0 Å². The van der Waals surface area contributed by atoms with E-state index in [2.05, 4.69) is 34.4 Å². The number of aryl methyl sites for hydroxylation is 1. The lowest BCUT2D eigenvalue weighted by molar-refractivity contribution is 0.460. The summed E-state index contributed by atoms with van der Waals surface area (Å²) in [6.07, 6.45) is 4.25. The molecule has 0 aliphatic heterocycles. The molecule has 0 amide bonds. The largest absolute Gasteiger partial charge is 0.493 e. The maximum atomic E-state index is 11.3. The maximum absolute atomic E-state index is 11.3. The highest BCUT2D eigenvalue weighted by Gasteiger charge is 2.23. The summed E-state index contributed by atoms with van der Waals surface area (Å²) >= 11 is 1.76. The van der Waals surface area contributed by atoms with Crippen molar-refractivity contribution < 1.29 is 5.11 Å². The summed E-state index contributed by atoms with van der Waals surface area (Å²) in [5, 5.41) is 13.9. The fraction of sp³-hybridized carbons (Fsp3) is 0.182. The molecule has 0 spiro atoms. The topological polar surface area (TPSA) is 65.4 Å². The molecule has 1 aliphatic rings. The van der Waals surface area contributed by atoms with Crippen molar-refractivity contribution >= 4 is 27.9 Å². The number of nitrogens with zero attached hydrogens (tertiary/aromatic N) is 1. The van der Waals surface area contributed by atoms with Crippen LogP contribution >= 0.6 is 11.3 Å². The van der Waals surface area contributed by atoms with Crippen LogP contribution in [-0.4, -0.2) is 10.1 Å². The summed E-state index contributed by atoms with van der Waals surface area (Å²) in [6.45, 7) is 0. The zero-order valence-corrected chi connectivity index (χ0v) is 15.5. The van der Waals surface area contributed by atoms with Gasteiger partial charge in [0.1, 0.15) is 0 Å². The normalized spacial score (nSPS) is 13.6. The summed E-state index contributed by atoms with van der Waals surface area (Å²) in [4.78, 5) is 16.7. The van der Waals surface area contributed by atoms with Crippen molar-refractivity contribution in [3.05, 3.63) is 64.6 Å². The van der Waals surface area contributed by atoms with Crippen LogP contribution in [0.3, 0.4) is 0 Å². The molecule has 0 fully saturated rings. The Morgan fingerprint density at radius 3 is 2.48 bits per heavy atom. The number of H-pyrrole nitrogens is 1. The zero-order valence-electron chi connectivity index (χ0n) is 14.7. The highest BCUT2D eigenvalue weighted by atomic mass is 32.1. The Balaban J connectivity index is 1.73. The predicted octanol–water partition coefficient (Wildman–Crippen LogP) is 6.55. The minimum atomic E-state index is -0.138. The molecule has 0 unspecified atom stereocenters. The highest BCUT2D eigenvalue weighted by molar-refractivity contribution is 7.18. The molecule has 2 aromatic carbocycles. The summed E-state index contributed by atoms with van der Waals surface area (Å²) in [5.41, 5.74) is 5.88. The third-order valence-corrected chi connectivity index (χ3v) is 6.56. The molecule has 2 N–H and O–H groups in total. The van der Waals surface area contributed by atoms with E-state index in [9.17, 15) is 10.0 Å². The van der Waals surface area contributed by atoms with Crippen LogP contribution in [0, 0.1) is 4.91 Å². The van der Waals surface area contributed by atoms with E-state index in [1.54, 1.807) is 11.3 Å². The fourth-order valence-corrected chi connectivity index (χ4v) is 5.19. The molecule has 0 saturated heterocycles. The van der Waals surface area contributed by atoms with Gasteiger partial charge in [-0.25, -0.2) is 0 Å². The van der Waals surface area contributed by atoms with Crippen molar-refractivity contribution in [1.82, 2.24) is 4.98 Å². The molecular weight excluding hydrogens is 356 g/mol. The number of fused-ring (bicyclic) bond motifs is 3. The van der Waals surface area contributed by atoms with Crippen LogP contribution in [0.2, 0.25) is 0 Å². The molecule has 4 aromatic rings. The van der Waals surface area contributed by atoms with E-state index in [0.717, 1.165) is 36.8 Å². The van der Waals surface area contributed by atoms with E-state index in [0.29, 0.717) is 5.39 Å². The monoisotopic (exact) mass is 374 g/mol. The SMILES string of the molecule is O=Nc1c(O)[nH]c2c3c(c(-c4ccc(-c5ccccc5)s4)cc12)CCCC3. The Morgan fingerprint density at radius 1 is 0.963 bits per heavy atom. The van der Waals surface area contributed by atoms with Crippen LogP contribution in [0.5, 0.6) is 5.88 Å². The van der Waals surface area contributed by atoms with Crippen LogP contribution in [0.4, 0.5) is 5.69 Å². The van der Waals surface area contributed by atoms with Crippen molar-refractivity contribution in [2.75, 3.05) is 0 Å². The van der Waals surface area contributed by atoms with Gasteiger partial charge in [-0.2, -0.15) is 0 Å². The second kappa shape index (κ2) is 6.35. The van der Waals surface area contributed by atoms with Crippen molar-refractivity contribution in [3.63, 3.8) is 0 Å². The van der Waals surface area contributed by atoms with E-state index in [-0.39, 0.29) is 11.6 Å². The average molecular weight is 374 g/mol. The van der Waals surface area contributed by atoms with Crippen molar-refractivity contribution in [1.29, 1.82) is 0 Å². The number of nitroso groups, excluding NO2 is 1. The van der Waals surface area contributed by atoms with Crippen LogP contribution in [0.15, 0.2) is 53.7 Å². The van der Waals surface area contributed by atoms with Gasteiger partial charge in [0.05, 0.1) is 5.52 Å². The van der Waals surface area contributed by atoms with Gasteiger partial charge in [0, 0.05) is 15.1 Å². The third kappa shape index (κ3) is 2.58. The standard InChI is InChI=1S/C22H18N2O2S/c25-22-21(24-26)17-12-16(14-8-4-5-9-15(14)20(17)23-22)19-11-10-18(27-19)13-6-2-1-3-7-13/h1-3,6-7,10-12,23,25H,4-5,8-9H2. The molecule has 1 aliphatic carbocycles. The predicted molar refractivity (Wildman–Crippen MR) is 111 cm³/mol. The molecule has 0 saturated carbocycles. The number of hydrogen-bond acceptors (Lipinski definition) is 4. The van der Waals surface area contributed by atoms with E-state index in [1.807, 2.05) is 24.3 Å². The molecule has 27 heavy (non-hydrogen) atoms. The van der Waals surface area contributed by atoms with Gasteiger partial charge in [0.15, 0.2) is 5.69 Å². The second-order valence-corrected chi connectivity index (χ2v) is 8.04. The van der Waals surface area contributed by atoms with Gasteiger partial charge in [-0.15, -0.1) is 16.2 Å². The number of nitrogens with one attached hydrogen (secondary N) is 1. The summed E-state index contributed by atoms with van der Waals surface area (Å²) in [7, 11) is 0. The Bertz CT molecular complexity index is 1160. The molecule has 5 heteroatoms. The van der Waals surface area contributed by atoms with E-state index in [1.165, 1.54) is 26.4 Å². The fourth-order valence-electron chi connectivity index (χ4n) is 4.13. The first-order valence-electron chi connectivity index (χ1n) is 9.14. The second-order valence-electron chi connectivity index (χ2n) is 6.95. The Labute approximate surface area is 160 Å². The molecule has 4 nitrogen and oxygen atoms in total. The Hall–Kier alpha value is -2.92. The molecule has 0 atom stereocenters. The van der Waals surface area contributed by atoms with E-state index >= 15 is 0 Å². The molecular formula is C22H18N2O2S. The van der Waals surface area contributed by atoms with Crippen molar-refractivity contribution in [2.45, 2.75) is 25.7 Å².